The van der Waals surface area contributed by atoms with Crippen LogP contribution < -0.4 is 0 Å². The van der Waals surface area contributed by atoms with E-state index in [9.17, 15) is 0 Å². The molecule has 6 aromatic carbocycles. The summed E-state index contributed by atoms with van der Waals surface area (Å²) in [5.41, 5.74) is 6.13. The molecule has 10 heteroatoms. The molecule has 0 spiro atoms. The summed E-state index contributed by atoms with van der Waals surface area (Å²) in [5.74, 6) is 0. The highest BCUT2D eigenvalue weighted by Crippen LogP contribution is 2.34. The third-order valence-corrected chi connectivity index (χ3v) is 11.3. The molecule has 0 bridgehead atoms. The highest BCUT2D eigenvalue weighted by atomic mass is 16.8. The number of methoxy groups -OCH3 is 1. The Morgan fingerprint density at radius 3 is 1.00 bits per heavy atom. The third-order valence-electron chi connectivity index (χ3n) is 11.3. The molecule has 0 amide bonds. The van der Waals surface area contributed by atoms with Crippen LogP contribution in [0.15, 0.2) is 182 Å². The normalized spacial score (nSPS) is 24.4. The van der Waals surface area contributed by atoms with Gasteiger partial charge in [-0.3, -0.25) is 0 Å². The SMILES string of the molecule is CO[C@H]1O[C@H](CO[C@H]2O[C@H](COCc3ccccc3)[C@@H](OCc3ccccc3)[C@@H]2OCc2ccccc2)[C@@H](OCc2ccccc2)[C@H](OCc2ccccc2)[C@H]1OCc1ccccc1. The number of hydrogen-bond donors (Lipinski definition) is 0. The monoisotopic (exact) mass is 866 g/mol. The third kappa shape index (κ3) is 13.0. The highest BCUT2D eigenvalue weighted by molar-refractivity contribution is 5.18. The van der Waals surface area contributed by atoms with Gasteiger partial charge in [-0.15, -0.1) is 0 Å². The second-order valence-electron chi connectivity index (χ2n) is 16.0. The Bertz CT molecular complexity index is 2170. The Morgan fingerprint density at radius 1 is 0.312 bits per heavy atom. The summed E-state index contributed by atoms with van der Waals surface area (Å²) in [5, 5.41) is 0. The fourth-order valence-corrected chi connectivity index (χ4v) is 8.00. The van der Waals surface area contributed by atoms with E-state index in [0.717, 1.165) is 33.4 Å². The highest BCUT2D eigenvalue weighted by Gasteiger charge is 2.51. The summed E-state index contributed by atoms with van der Waals surface area (Å²) in [6.45, 7) is 2.33. The van der Waals surface area contributed by atoms with Crippen molar-refractivity contribution in [3.05, 3.63) is 215 Å². The summed E-state index contributed by atoms with van der Waals surface area (Å²) in [6, 6.07) is 60.3. The topological polar surface area (TPSA) is 92.3 Å². The molecule has 0 radical (unpaired) electrons. The second-order valence-corrected chi connectivity index (χ2v) is 16.0. The molecule has 8 rings (SSSR count). The van der Waals surface area contributed by atoms with E-state index in [1.54, 1.807) is 7.11 Å². The second kappa shape index (κ2) is 24.3. The standard InChI is InChI=1S/C54H58O10/c1-55-53-52(61-37-45-30-18-7-19-31-45)50(59-35-43-26-14-5-15-27-43)48(57-33-41-22-10-3-11-23-41)47(63-53)39-62-54-51(60-36-44-28-16-6-17-29-44)49(58-34-42-24-12-4-13-25-42)46(64-54)38-56-32-40-20-8-2-9-21-40/h2-31,46-54H,32-39H2,1H3/t46-,47-,48-,49-,50+,51+,52-,53+,54+/m1/s1. The van der Waals surface area contributed by atoms with Gasteiger partial charge in [-0.05, 0) is 33.4 Å². The van der Waals surface area contributed by atoms with E-state index in [4.69, 9.17) is 47.4 Å². The summed E-state index contributed by atoms with van der Waals surface area (Å²) in [6.07, 6.45) is -5.97. The Hall–Kier alpha value is -5.08. The molecule has 334 valence electrons. The van der Waals surface area contributed by atoms with Crippen molar-refractivity contribution in [1.29, 1.82) is 0 Å². The van der Waals surface area contributed by atoms with Crippen molar-refractivity contribution >= 4 is 0 Å². The predicted molar refractivity (Wildman–Crippen MR) is 241 cm³/mol. The van der Waals surface area contributed by atoms with E-state index in [-0.39, 0.29) is 13.2 Å². The number of ether oxygens (including phenoxy) is 10. The van der Waals surface area contributed by atoms with Crippen molar-refractivity contribution in [2.45, 2.75) is 94.9 Å². The van der Waals surface area contributed by atoms with Crippen LogP contribution in [-0.4, -0.2) is 75.6 Å². The Kier molecular flexibility index (Phi) is 17.3. The maximum absolute atomic E-state index is 6.85. The number of hydrogen-bond acceptors (Lipinski definition) is 10. The molecule has 0 N–H and O–H groups in total. The fraction of sp³-hybridized carbons (Fsp3) is 0.333. The lowest BCUT2D eigenvalue weighted by Gasteiger charge is -2.45. The number of benzene rings is 6. The van der Waals surface area contributed by atoms with Gasteiger partial charge in [0, 0.05) is 7.11 Å². The van der Waals surface area contributed by atoms with Crippen LogP contribution in [0.25, 0.3) is 0 Å². The van der Waals surface area contributed by atoms with Gasteiger partial charge >= 0.3 is 0 Å². The van der Waals surface area contributed by atoms with Crippen molar-refractivity contribution in [3.8, 4) is 0 Å². The van der Waals surface area contributed by atoms with Gasteiger partial charge in [0.1, 0.15) is 42.7 Å². The first kappa shape index (κ1) is 45.5. The van der Waals surface area contributed by atoms with Crippen LogP contribution >= 0.6 is 0 Å². The first-order chi connectivity index (χ1) is 31.7. The zero-order valence-corrected chi connectivity index (χ0v) is 36.3. The molecule has 0 aliphatic carbocycles. The summed E-state index contributed by atoms with van der Waals surface area (Å²) in [4.78, 5) is 0. The largest absolute Gasteiger partial charge is 0.374 e. The van der Waals surface area contributed by atoms with Crippen LogP contribution in [-0.2, 0) is 87.0 Å². The van der Waals surface area contributed by atoms with E-state index in [0.29, 0.717) is 39.6 Å². The Balaban J connectivity index is 1.06. The summed E-state index contributed by atoms with van der Waals surface area (Å²) >= 11 is 0. The molecule has 6 aromatic rings. The molecule has 0 unspecified atom stereocenters. The van der Waals surface area contributed by atoms with Crippen molar-refractivity contribution in [1.82, 2.24) is 0 Å². The average Bonchev–Trinajstić information content (AvgIpc) is 3.69. The van der Waals surface area contributed by atoms with Gasteiger partial charge in [0.15, 0.2) is 12.6 Å². The minimum Gasteiger partial charge on any atom is -0.374 e. The Morgan fingerprint density at radius 2 is 0.609 bits per heavy atom. The lowest BCUT2D eigenvalue weighted by molar-refractivity contribution is -0.328. The van der Waals surface area contributed by atoms with Crippen molar-refractivity contribution in [3.63, 3.8) is 0 Å². The lowest BCUT2D eigenvalue weighted by Crippen LogP contribution is -2.61. The molecule has 64 heavy (non-hydrogen) atoms. The van der Waals surface area contributed by atoms with E-state index in [1.165, 1.54) is 0 Å². The van der Waals surface area contributed by atoms with E-state index in [2.05, 4.69) is 0 Å². The molecule has 2 heterocycles. The van der Waals surface area contributed by atoms with Gasteiger partial charge < -0.3 is 47.4 Å². The smallest absolute Gasteiger partial charge is 0.187 e. The summed E-state index contributed by atoms with van der Waals surface area (Å²) in [7, 11) is 1.61. The predicted octanol–water partition coefficient (Wildman–Crippen LogP) is 9.24. The van der Waals surface area contributed by atoms with Gasteiger partial charge in [-0.2, -0.15) is 0 Å². The van der Waals surface area contributed by atoms with Crippen LogP contribution in [0.5, 0.6) is 0 Å². The van der Waals surface area contributed by atoms with Crippen LogP contribution in [0.2, 0.25) is 0 Å². The summed E-state index contributed by atoms with van der Waals surface area (Å²) < 4.78 is 66.6. The minimum absolute atomic E-state index is 0.0504. The lowest BCUT2D eigenvalue weighted by atomic mass is 9.97. The van der Waals surface area contributed by atoms with Crippen LogP contribution in [0.3, 0.4) is 0 Å². The molecule has 2 fully saturated rings. The zero-order valence-electron chi connectivity index (χ0n) is 36.3. The fourth-order valence-electron chi connectivity index (χ4n) is 8.00. The molecular weight excluding hydrogens is 809 g/mol. The number of rotatable bonds is 23. The maximum Gasteiger partial charge on any atom is 0.187 e. The molecule has 0 aromatic heterocycles. The van der Waals surface area contributed by atoms with Gasteiger partial charge in [0.05, 0.1) is 52.9 Å². The molecule has 10 nitrogen and oxygen atoms in total. The van der Waals surface area contributed by atoms with E-state index >= 15 is 0 Å². The Labute approximate surface area is 376 Å². The molecule has 0 saturated carbocycles. The van der Waals surface area contributed by atoms with Crippen LogP contribution in [0, 0.1) is 0 Å². The van der Waals surface area contributed by atoms with E-state index < -0.39 is 55.3 Å². The van der Waals surface area contributed by atoms with E-state index in [1.807, 2.05) is 182 Å². The van der Waals surface area contributed by atoms with Crippen molar-refractivity contribution in [2.75, 3.05) is 20.3 Å². The molecule has 9 atom stereocenters. The minimum atomic E-state index is -0.857. The zero-order chi connectivity index (χ0) is 43.6. The van der Waals surface area contributed by atoms with Gasteiger partial charge in [0.2, 0.25) is 0 Å². The molecule has 2 saturated heterocycles. The van der Waals surface area contributed by atoms with Crippen molar-refractivity contribution < 1.29 is 47.4 Å². The van der Waals surface area contributed by atoms with Gasteiger partial charge in [-0.1, -0.05) is 182 Å². The van der Waals surface area contributed by atoms with Gasteiger partial charge in [0.25, 0.3) is 0 Å². The quantitative estimate of drug-likeness (QED) is 0.0621. The molecule has 2 aliphatic rings. The van der Waals surface area contributed by atoms with Gasteiger partial charge in [-0.25, -0.2) is 0 Å². The first-order valence-electron chi connectivity index (χ1n) is 22.0. The molecular formula is C54H58O10. The van der Waals surface area contributed by atoms with Crippen molar-refractivity contribution in [2.24, 2.45) is 0 Å². The van der Waals surface area contributed by atoms with Crippen LogP contribution in [0.1, 0.15) is 33.4 Å². The van der Waals surface area contributed by atoms with Crippen LogP contribution in [0.4, 0.5) is 0 Å². The average molecular weight is 867 g/mol. The first-order valence-corrected chi connectivity index (χ1v) is 22.0. The maximum atomic E-state index is 6.85. The molecule has 2 aliphatic heterocycles.